The monoisotopic (exact) mass is 439 g/mol. The lowest BCUT2D eigenvalue weighted by Gasteiger charge is -2.24. The second kappa shape index (κ2) is 9.61. The third-order valence-electron chi connectivity index (χ3n) is 4.09. The summed E-state index contributed by atoms with van der Waals surface area (Å²) in [6, 6.07) is 12.9. The molecule has 0 aliphatic heterocycles. The highest BCUT2D eigenvalue weighted by Crippen LogP contribution is 2.21. The lowest BCUT2D eigenvalue weighted by molar-refractivity contribution is -0.158. The average molecular weight is 440 g/mol. The van der Waals surface area contributed by atoms with Crippen molar-refractivity contribution in [2.75, 3.05) is 6.61 Å². The van der Waals surface area contributed by atoms with Gasteiger partial charge in [-0.1, -0.05) is 23.7 Å². The summed E-state index contributed by atoms with van der Waals surface area (Å²) in [6.45, 7) is 7.11. The summed E-state index contributed by atoms with van der Waals surface area (Å²) in [5.41, 5.74) is -0.170. The summed E-state index contributed by atoms with van der Waals surface area (Å²) in [7, 11) is -3.63. The quantitative estimate of drug-likeness (QED) is 0.598. The Morgan fingerprint density at radius 3 is 2.24 bits per heavy atom. The molecule has 0 aliphatic rings. The molecule has 2 aromatic rings. The number of rotatable bonds is 9. The van der Waals surface area contributed by atoms with Crippen LogP contribution in [0.25, 0.3) is 0 Å². The van der Waals surface area contributed by atoms with E-state index in [1.807, 2.05) is 12.1 Å². The molecule has 0 saturated heterocycles. The molecule has 0 unspecified atom stereocenters. The van der Waals surface area contributed by atoms with Crippen LogP contribution in [0.2, 0.25) is 5.02 Å². The molecule has 0 amide bonds. The maximum Gasteiger partial charge on any atom is 0.349 e. The van der Waals surface area contributed by atoms with Gasteiger partial charge >= 0.3 is 5.97 Å². The molecule has 0 bridgehead atoms. The van der Waals surface area contributed by atoms with Gasteiger partial charge in [0.05, 0.1) is 11.5 Å². The summed E-state index contributed by atoms with van der Waals surface area (Å²) in [5.74, 6) is 0.0931. The van der Waals surface area contributed by atoms with Crippen LogP contribution in [-0.4, -0.2) is 32.6 Å². The summed E-state index contributed by atoms with van der Waals surface area (Å²) >= 11 is 5.81. The van der Waals surface area contributed by atoms with Gasteiger partial charge in [0.15, 0.2) is 5.60 Å². The minimum atomic E-state index is -3.63. The van der Waals surface area contributed by atoms with Gasteiger partial charge in [-0.2, -0.15) is 0 Å². The van der Waals surface area contributed by atoms with Gasteiger partial charge in [-0.25, -0.2) is 17.9 Å². The number of ether oxygens (including phenoxy) is 2. The van der Waals surface area contributed by atoms with Crippen LogP contribution in [0.5, 0.6) is 5.75 Å². The second-order valence-electron chi connectivity index (χ2n) is 7.16. The molecule has 0 heterocycles. The van der Waals surface area contributed by atoms with Crippen LogP contribution in [0.1, 0.15) is 33.3 Å². The van der Waals surface area contributed by atoms with E-state index in [-0.39, 0.29) is 17.5 Å². The first-order chi connectivity index (χ1) is 13.5. The molecule has 8 heteroatoms. The number of esters is 1. The largest absolute Gasteiger partial charge is 0.476 e. The highest BCUT2D eigenvalue weighted by molar-refractivity contribution is 7.89. The smallest absolute Gasteiger partial charge is 0.349 e. The number of sulfonamides is 1. The lowest BCUT2D eigenvalue weighted by atomic mass is 10.1. The van der Waals surface area contributed by atoms with Crippen molar-refractivity contribution in [1.29, 1.82) is 0 Å². The van der Waals surface area contributed by atoms with E-state index in [4.69, 9.17) is 21.1 Å². The fourth-order valence-electron chi connectivity index (χ4n) is 2.68. The Morgan fingerprint density at radius 1 is 1.10 bits per heavy atom. The van der Waals surface area contributed by atoms with Crippen LogP contribution in [-0.2, 0) is 26.0 Å². The first-order valence-electron chi connectivity index (χ1n) is 9.26. The Hall–Kier alpha value is -2.09. The number of carbonyl (C=O) groups excluding carboxylic acids is 1. The van der Waals surface area contributed by atoms with Crippen LogP contribution >= 0.6 is 11.6 Å². The van der Waals surface area contributed by atoms with Gasteiger partial charge < -0.3 is 9.47 Å². The zero-order chi connectivity index (χ0) is 21.7. The third kappa shape index (κ3) is 6.73. The van der Waals surface area contributed by atoms with Crippen molar-refractivity contribution in [1.82, 2.24) is 4.72 Å². The molecule has 0 saturated carbocycles. The predicted molar refractivity (Wildman–Crippen MR) is 113 cm³/mol. The zero-order valence-electron chi connectivity index (χ0n) is 16.9. The van der Waals surface area contributed by atoms with Crippen molar-refractivity contribution in [3.05, 3.63) is 59.1 Å². The van der Waals surface area contributed by atoms with E-state index in [2.05, 4.69) is 4.72 Å². The maximum absolute atomic E-state index is 12.5. The maximum atomic E-state index is 12.5. The Balaban J connectivity index is 1.98. The minimum Gasteiger partial charge on any atom is -0.476 e. The average Bonchev–Trinajstić information content (AvgIpc) is 2.63. The van der Waals surface area contributed by atoms with Gasteiger partial charge in [0.25, 0.3) is 0 Å². The van der Waals surface area contributed by atoms with Gasteiger partial charge in [-0.15, -0.1) is 0 Å². The Bertz CT molecular complexity index is 925. The summed E-state index contributed by atoms with van der Waals surface area (Å²) in [4.78, 5) is 12.1. The Morgan fingerprint density at radius 2 is 1.69 bits per heavy atom. The third-order valence-corrected chi connectivity index (χ3v) is 5.94. The fourth-order valence-corrected chi connectivity index (χ4v) is 4.05. The molecule has 0 fully saturated rings. The topological polar surface area (TPSA) is 81.7 Å². The second-order valence-corrected chi connectivity index (χ2v) is 9.31. The van der Waals surface area contributed by atoms with Crippen LogP contribution in [0.4, 0.5) is 0 Å². The zero-order valence-corrected chi connectivity index (χ0v) is 18.5. The summed E-state index contributed by atoms with van der Waals surface area (Å²) in [5, 5.41) is 0.477. The highest BCUT2D eigenvalue weighted by Gasteiger charge is 2.31. The molecule has 1 atom stereocenters. The van der Waals surface area contributed by atoms with Gasteiger partial charge in [0.1, 0.15) is 5.75 Å². The van der Waals surface area contributed by atoms with Gasteiger partial charge in [-0.3, -0.25) is 0 Å². The van der Waals surface area contributed by atoms with Crippen molar-refractivity contribution in [3.8, 4) is 5.75 Å². The molecular weight excluding hydrogens is 414 g/mol. The number of hydrogen-bond donors (Lipinski definition) is 1. The van der Waals surface area contributed by atoms with Crippen LogP contribution in [0, 0.1) is 0 Å². The fraction of sp³-hybridized carbons (Fsp3) is 0.381. The number of hydrogen-bond acceptors (Lipinski definition) is 5. The number of carbonyl (C=O) groups is 1. The Labute approximate surface area is 177 Å². The van der Waals surface area contributed by atoms with Crippen molar-refractivity contribution in [3.63, 3.8) is 0 Å². The van der Waals surface area contributed by atoms with E-state index >= 15 is 0 Å². The van der Waals surface area contributed by atoms with Crippen LogP contribution in [0.15, 0.2) is 53.4 Å². The number of nitrogens with one attached hydrogen (secondary N) is 1. The Kier molecular flexibility index (Phi) is 7.68. The van der Waals surface area contributed by atoms with E-state index in [1.165, 1.54) is 24.3 Å². The van der Waals surface area contributed by atoms with Crippen molar-refractivity contribution >= 4 is 27.6 Å². The van der Waals surface area contributed by atoms with Crippen molar-refractivity contribution in [2.24, 2.45) is 0 Å². The van der Waals surface area contributed by atoms with Gasteiger partial charge in [0, 0.05) is 11.1 Å². The molecule has 0 spiro atoms. The minimum absolute atomic E-state index is 0.165. The summed E-state index contributed by atoms with van der Waals surface area (Å²) in [6.07, 6.45) is 0.494. The molecule has 29 heavy (non-hydrogen) atoms. The van der Waals surface area contributed by atoms with Crippen molar-refractivity contribution in [2.45, 2.75) is 50.7 Å². The number of benzene rings is 2. The lowest BCUT2D eigenvalue weighted by Crippen LogP contribution is -2.39. The molecule has 6 nitrogen and oxygen atoms in total. The molecule has 2 rings (SSSR count). The molecule has 2 aromatic carbocycles. The van der Waals surface area contributed by atoms with Crippen molar-refractivity contribution < 1.29 is 22.7 Å². The van der Waals surface area contributed by atoms with Gasteiger partial charge in [-0.05, 0) is 76.1 Å². The molecule has 158 valence electrons. The van der Waals surface area contributed by atoms with E-state index in [0.717, 1.165) is 5.56 Å². The van der Waals surface area contributed by atoms with E-state index < -0.39 is 21.6 Å². The van der Waals surface area contributed by atoms with Crippen LogP contribution < -0.4 is 9.46 Å². The molecule has 0 aliphatic carbocycles. The highest BCUT2D eigenvalue weighted by atomic mass is 35.5. The molecule has 1 N–H and O–H groups in total. The molecular formula is C21H26ClNO5S. The van der Waals surface area contributed by atoms with E-state index in [9.17, 15) is 13.2 Å². The SMILES string of the molecule is CCOC(=O)C(C)(C)Oc1ccc(C[C@H](C)NS(=O)(=O)c2ccc(Cl)cc2)cc1. The molecule has 0 aromatic heterocycles. The normalized spacial score (nSPS) is 13.0. The van der Waals surface area contributed by atoms with E-state index in [1.54, 1.807) is 39.8 Å². The number of halogens is 1. The van der Waals surface area contributed by atoms with E-state index in [0.29, 0.717) is 17.2 Å². The van der Waals surface area contributed by atoms with Gasteiger partial charge in [0.2, 0.25) is 10.0 Å². The summed E-state index contributed by atoms with van der Waals surface area (Å²) < 4.78 is 38.3. The molecule has 0 radical (unpaired) electrons. The first kappa shape index (κ1) is 23.2. The van der Waals surface area contributed by atoms with Crippen LogP contribution in [0.3, 0.4) is 0 Å². The predicted octanol–water partition coefficient (Wildman–Crippen LogP) is 3.97. The standard InChI is InChI=1S/C21H26ClNO5S/c1-5-27-20(24)21(3,4)28-18-10-6-16(7-11-18)14-15(2)23-29(25,26)19-12-8-17(22)9-13-19/h6-13,15,23H,5,14H2,1-4H3/t15-/m0/s1. The first-order valence-corrected chi connectivity index (χ1v) is 11.1.